The molecule has 0 aliphatic heterocycles. The number of nitrogen functional groups attached to an aromatic ring is 1. The quantitative estimate of drug-likeness (QED) is 0.0279. The highest BCUT2D eigenvalue weighted by Gasteiger charge is 2.38. The van der Waals surface area contributed by atoms with Crippen LogP contribution in [0.4, 0.5) is 19.0 Å². The standard InChI is InChI=1S/C20H18N4OS.C12H10N4S.C11H13N3O.C11H14N2OS.C9H9NO2S.C8H9NOS.C6H7BrO2.C6H8O2.C3H6O2.C2HF3O2.C2H5NS.C2H7N/c1-12-23-17-8-5-14-9-21-20-16(18(14)19(17)26-12)10-22-24(20)11-13-3-6-15(25-2)7-4-13;1-6-15-9-3-2-7-4-13-12-8(5-14-16-12)10(7)11(9)17-6;1-15-10-4-2-9(3-5-10)8-14-11(12)6-7-13-14;1-7-12-9-5-4-8(6-13(2)3)10(14)11(9)15-7;1-5-10-7-3-2-6(4-11)8(12)9(7)13-5;1-5-9-6-3-2-4-7(10)8(6)11-5;7-6-4(8)2-1-3-5(6)9;7-5-2-1-3-6(8)4-5;1-2-5-3-4;3-2(4,5)1(6)7;1-2(3)4;1-3-2/h3-4,6-7,9-10H,5,8,11H2,1-2H3;4-5H,2-3H2,1H3,(H,13,14,16);2-7H,8,12H2,1H3;6H,4-5H2,1-3H3;4,6H,2-3H2,1H3;2-4H2,1H3;6H,1-3H2;1-4H2;3H,2H2,1H3;(H,6,7);1H3,(H2,3,4);3H,1-2H3/b;;;8-6-;;;;;;;;. The van der Waals surface area contributed by atoms with Gasteiger partial charge in [0.2, 0.25) is 5.78 Å². The number of aromatic nitrogens is 13. The number of aldehydes is 1. The molecule has 10 heterocycles. The second kappa shape index (κ2) is 52.2. The number of rotatable bonds is 10. The first-order chi connectivity index (χ1) is 63.4. The number of H-pyrrole nitrogens is 1. The van der Waals surface area contributed by atoms with E-state index in [1.165, 1.54) is 83.0 Å². The normalized spacial score (nSPS) is 14.9. The lowest BCUT2D eigenvalue weighted by Crippen LogP contribution is -2.28. The van der Waals surface area contributed by atoms with E-state index in [0.717, 1.165) is 173 Å². The molecule has 708 valence electrons. The minimum absolute atomic E-state index is 0.0336. The van der Waals surface area contributed by atoms with Crippen molar-refractivity contribution in [2.75, 3.05) is 54.8 Å². The van der Waals surface area contributed by atoms with Crippen molar-refractivity contribution in [2.24, 2.45) is 11.7 Å². The zero-order chi connectivity index (χ0) is 97.3. The number of allylic oxidation sites excluding steroid dienone is 1. The smallest absolute Gasteiger partial charge is 0.490 e. The first-order valence-corrected chi connectivity index (χ1v) is 47.7. The van der Waals surface area contributed by atoms with E-state index >= 15 is 0 Å². The molecule has 0 bridgehead atoms. The number of hydrogen-bond acceptors (Lipinski definition) is 32. The maximum Gasteiger partial charge on any atom is 0.490 e. The van der Waals surface area contributed by atoms with Crippen LogP contribution in [0.15, 0.2) is 97.4 Å². The second-order valence-corrected chi connectivity index (χ2v) is 38.3. The number of hydrogen-bond donors (Lipinski definition) is 5. The molecule has 7 aliphatic carbocycles. The summed E-state index contributed by atoms with van der Waals surface area (Å²) in [5, 5.41) is 33.0. The minimum Gasteiger partial charge on any atom is -0.497 e. The molecule has 10 aromatic heterocycles. The van der Waals surface area contributed by atoms with E-state index in [2.05, 4.69) is 109 Å². The van der Waals surface area contributed by atoms with Crippen LogP contribution in [0.3, 0.4) is 0 Å². The Kier molecular flexibility index (Phi) is 41.9. The molecule has 2 saturated carbocycles. The van der Waals surface area contributed by atoms with E-state index in [-0.39, 0.29) is 46.9 Å². The molecule has 0 amide bonds. The van der Waals surface area contributed by atoms with Crippen LogP contribution in [0.5, 0.6) is 11.5 Å². The van der Waals surface area contributed by atoms with E-state index in [0.29, 0.717) is 80.4 Å². The summed E-state index contributed by atoms with van der Waals surface area (Å²) in [4.78, 5) is 144. The Morgan fingerprint density at radius 1 is 0.617 bits per heavy atom. The number of carbonyl (C=O) groups excluding carboxylic acids is 9. The summed E-state index contributed by atoms with van der Waals surface area (Å²) in [7, 11) is 11.0. The van der Waals surface area contributed by atoms with Crippen molar-refractivity contribution in [2.45, 2.75) is 188 Å². The Morgan fingerprint density at radius 3 is 1.51 bits per heavy atom. The number of fused-ring (bicyclic) bond motifs is 13. The average Bonchev–Trinajstić information content (AvgIpc) is 1.62. The van der Waals surface area contributed by atoms with Gasteiger partial charge in [-0.2, -0.15) is 28.5 Å². The van der Waals surface area contributed by atoms with Gasteiger partial charge in [-0.1, -0.05) is 52.4 Å². The van der Waals surface area contributed by atoms with E-state index in [4.69, 9.17) is 40.8 Å². The molecule has 41 heteroatoms. The molecular formula is C92H107BrF3N17O14S6. The number of aryl methyl sites for hydroxylation is 12. The van der Waals surface area contributed by atoms with Crippen LogP contribution in [-0.2, 0) is 96.3 Å². The van der Waals surface area contributed by atoms with Crippen molar-refractivity contribution >= 4 is 177 Å². The Morgan fingerprint density at radius 2 is 1.07 bits per heavy atom. The summed E-state index contributed by atoms with van der Waals surface area (Å²) < 4.78 is 49.9. The number of ketones is 7. The summed E-state index contributed by atoms with van der Waals surface area (Å²) in [5.41, 5.74) is 26.1. The summed E-state index contributed by atoms with van der Waals surface area (Å²) in [6.45, 7) is 15.6. The average molecular weight is 2000 g/mol. The molecular weight excluding hydrogens is 1900 g/mol. The van der Waals surface area contributed by atoms with Crippen LogP contribution in [0.25, 0.3) is 42.9 Å². The molecule has 0 radical (unpaired) electrons. The number of methoxy groups -OCH3 is 2. The van der Waals surface area contributed by atoms with Crippen molar-refractivity contribution in [3.8, 4) is 32.4 Å². The number of nitrogens with one attached hydrogen (secondary N) is 2. The molecule has 19 rings (SSSR count). The third kappa shape index (κ3) is 31.5. The number of aliphatic carboxylic acids is 1. The zero-order valence-electron chi connectivity index (χ0n) is 76.0. The van der Waals surface area contributed by atoms with Crippen LogP contribution < -0.4 is 26.3 Å². The lowest BCUT2D eigenvalue weighted by atomic mass is 9.91. The number of aromatic amines is 1. The third-order valence-electron chi connectivity index (χ3n) is 20.0. The molecule has 1 unspecified atom stereocenters. The Hall–Kier alpha value is -11.6. The molecule has 0 saturated heterocycles. The number of nitrogens with two attached hydrogens (primary N) is 2. The largest absolute Gasteiger partial charge is 0.497 e. The zero-order valence-corrected chi connectivity index (χ0v) is 82.5. The Bertz CT molecular complexity index is 6040. The maximum absolute atomic E-state index is 12.0. The van der Waals surface area contributed by atoms with Gasteiger partial charge in [0.1, 0.15) is 40.0 Å². The van der Waals surface area contributed by atoms with Gasteiger partial charge in [-0.15, -0.1) is 56.7 Å². The lowest BCUT2D eigenvalue weighted by molar-refractivity contribution is -0.192. The molecule has 7 N–H and O–H groups in total. The van der Waals surface area contributed by atoms with Crippen LogP contribution in [0, 0.1) is 40.5 Å². The molecule has 2 fully saturated rings. The van der Waals surface area contributed by atoms with Crippen molar-refractivity contribution in [1.29, 1.82) is 0 Å². The Labute approximate surface area is 801 Å². The number of ether oxygens (including phenoxy) is 3. The van der Waals surface area contributed by atoms with Crippen LogP contribution in [-0.4, -0.2) is 199 Å². The maximum atomic E-state index is 12.0. The third-order valence-corrected chi connectivity index (χ3v) is 26.2. The number of thiazole rings is 5. The SMILES string of the molecule is CC(N)=S.CCOC=O.CNC.COc1ccc(Cn2ncc3c4c(cnc32)CCc2nc(C)sc2-4)cc1.COc1ccc(Cn2nccc2N)cc1.Cc1nc2c(s1)-c1c(cnc3[nH]ncc13)CC2.Cc1nc2c(s1)C(=O)/C(=C\N(C)C)CC2.Cc1nc2c(s1)C(=O)C(C=O)CC2.Cc1nc2c(s1)C(=O)CCC2.O=C(O)C(F)(F)F.O=C1CCCC(=O)C1.O=C1CCCC(=O)C1Br. The molecule has 133 heavy (non-hydrogen) atoms. The van der Waals surface area contributed by atoms with Gasteiger partial charge in [-0.05, 0) is 192 Å². The number of Topliss-reactive ketones (excluding diaryl/α,β-unsaturated/α-hetero) is 7. The Balaban J connectivity index is 0.000000186. The van der Waals surface area contributed by atoms with Gasteiger partial charge in [0.15, 0.2) is 34.4 Å². The first-order valence-electron chi connectivity index (χ1n) is 42.3. The van der Waals surface area contributed by atoms with Gasteiger partial charge in [0, 0.05) is 92.3 Å². The topological polar surface area (TPSA) is 440 Å². The van der Waals surface area contributed by atoms with Gasteiger partial charge in [-0.3, -0.25) is 43.5 Å². The molecule has 0 spiro atoms. The summed E-state index contributed by atoms with van der Waals surface area (Å²) in [6.07, 6.45) is 21.0. The number of carbonyl (C=O) groups is 10. The summed E-state index contributed by atoms with van der Waals surface area (Å²) in [5.74, 6) is -0.0912. The molecule has 7 aliphatic rings. The van der Waals surface area contributed by atoms with E-state index in [9.17, 15) is 56.3 Å². The van der Waals surface area contributed by atoms with Crippen molar-refractivity contribution in [1.82, 2.24) is 74.9 Å². The number of alkyl halides is 4. The number of carboxylic acid groups (broad SMARTS) is 1. The summed E-state index contributed by atoms with van der Waals surface area (Å²) >= 11 is 15.3. The number of pyridine rings is 2. The predicted octanol–water partition coefficient (Wildman–Crippen LogP) is 16.1. The monoisotopic (exact) mass is 2000 g/mol. The fourth-order valence-corrected chi connectivity index (χ4v) is 19.4. The van der Waals surface area contributed by atoms with Crippen LogP contribution in [0.2, 0.25) is 0 Å². The number of halogens is 4. The van der Waals surface area contributed by atoms with Gasteiger partial charge >= 0.3 is 12.1 Å². The predicted molar refractivity (Wildman–Crippen MR) is 517 cm³/mol. The summed E-state index contributed by atoms with van der Waals surface area (Å²) in [6, 6.07) is 17.7. The van der Waals surface area contributed by atoms with Crippen LogP contribution >= 0.6 is 84.8 Å². The number of carboxylic acids is 1. The van der Waals surface area contributed by atoms with Crippen molar-refractivity contribution < 1.29 is 80.4 Å². The first kappa shape index (κ1) is 107. The fourth-order valence-electron chi connectivity index (χ4n) is 14.0. The number of nitrogens with zero attached hydrogens (tertiary/aromatic N) is 13. The van der Waals surface area contributed by atoms with Gasteiger partial charge in [0.25, 0.3) is 6.47 Å². The lowest BCUT2D eigenvalue weighted by Gasteiger charge is -2.15. The van der Waals surface area contributed by atoms with Crippen LogP contribution in [0.1, 0.15) is 189 Å². The highest BCUT2D eigenvalue weighted by atomic mass is 79.9. The molecule has 2 aromatic carbocycles. The van der Waals surface area contributed by atoms with Gasteiger partial charge < -0.3 is 45.8 Å². The molecule has 31 nitrogen and oxygen atoms in total. The number of benzene rings is 2. The number of anilines is 1. The van der Waals surface area contributed by atoms with Crippen molar-refractivity contribution in [3.63, 3.8) is 0 Å². The highest BCUT2D eigenvalue weighted by molar-refractivity contribution is 9.10. The van der Waals surface area contributed by atoms with E-state index in [1.54, 1.807) is 67.7 Å². The van der Waals surface area contributed by atoms with Gasteiger partial charge in [-0.25, -0.2) is 49.0 Å². The fraction of sp³-hybridized carbons (Fsp3) is 0.402. The molecule has 1 atom stereocenters. The second-order valence-electron chi connectivity index (χ2n) is 30.7. The van der Waals surface area contributed by atoms with Gasteiger partial charge in [0.05, 0.1) is 148 Å². The molecule has 12 aromatic rings. The van der Waals surface area contributed by atoms with E-state index < -0.39 is 22.9 Å². The number of thiocarbonyl (C=S) groups is 1. The minimum atomic E-state index is -5.08. The highest BCUT2D eigenvalue weighted by Crippen LogP contribution is 2.43. The van der Waals surface area contributed by atoms with Crippen molar-refractivity contribution in [3.05, 3.63) is 188 Å². The van der Waals surface area contributed by atoms with E-state index in [1.807, 2.05) is 126 Å².